The first-order valence-electron chi connectivity index (χ1n) is 8.25. The fourth-order valence-electron chi connectivity index (χ4n) is 3.38. The molecular weight excluding hydrogens is 302 g/mol. The maximum atomic E-state index is 12.8. The highest BCUT2D eigenvalue weighted by Gasteiger charge is 2.39. The molecule has 0 saturated heterocycles. The monoisotopic (exact) mass is 325 g/mol. The molecule has 2 aromatic carbocycles. The molecule has 0 spiro atoms. The second kappa shape index (κ2) is 6.95. The third-order valence-electron chi connectivity index (χ3n) is 4.94. The Morgan fingerprint density at radius 3 is 2.12 bits per heavy atom. The standard InChI is InChI=1S/C20H23NO3/c1-23-16-10-6-11-17(24-2)18(16)19(22)21-14-20(12-7-13-20)15-8-4-3-5-9-15/h3-6,8-11H,7,12-14H2,1-2H3,(H,21,22). The van der Waals surface area contributed by atoms with Gasteiger partial charge in [0.25, 0.3) is 5.91 Å². The molecule has 1 N–H and O–H groups in total. The van der Waals surface area contributed by atoms with Gasteiger partial charge in [-0.05, 0) is 30.5 Å². The number of benzene rings is 2. The van der Waals surface area contributed by atoms with Crippen LogP contribution in [0.1, 0.15) is 35.2 Å². The van der Waals surface area contributed by atoms with E-state index in [4.69, 9.17) is 9.47 Å². The second-order valence-electron chi connectivity index (χ2n) is 6.22. The number of ether oxygens (including phenoxy) is 2. The van der Waals surface area contributed by atoms with Gasteiger partial charge in [0.05, 0.1) is 14.2 Å². The number of rotatable bonds is 6. The molecule has 4 nitrogen and oxygen atoms in total. The molecule has 0 bridgehead atoms. The zero-order valence-corrected chi connectivity index (χ0v) is 14.2. The molecule has 2 aromatic rings. The van der Waals surface area contributed by atoms with Crippen molar-refractivity contribution in [1.29, 1.82) is 0 Å². The lowest BCUT2D eigenvalue weighted by Crippen LogP contribution is -2.45. The molecule has 126 valence electrons. The lowest BCUT2D eigenvalue weighted by Gasteiger charge is -2.42. The number of methoxy groups -OCH3 is 2. The zero-order chi connectivity index (χ0) is 17.0. The van der Waals surface area contributed by atoms with Gasteiger partial charge in [-0.2, -0.15) is 0 Å². The summed E-state index contributed by atoms with van der Waals surface area (Å²) in [6.45, 7) is 0.622. The summed E-state index contributed by atoms with van der Waals surface area (Å²) in [6, 6.07) is 15.8. The summed E-state index contributed by atoms with van der Waals surface area (Å²) in [5.41, 5.74) is 1.79. The Labute approximate surface area is 142 Å². The lowest BCUT2D eigenvalue weighted by molar-refractivity contribution is 0.0921. The molecule has 0 unspecified atom stereocenters. The number of carbonyl (C=O) groups is 1. The van der Waals surface area contributed by atoms with Crippen LogP contribution in [0.15, 0.2) is 48.5 Å². The first kappa shape index (κ1) is 16.4. The van der Waals surface area contributed by atoms with E-state index in [1.54, 1.807) is 26.4 Å². The smallest absolute Gasteiger partial charge is 0.258 e. The molecule has 1 aliphatic carbocycles. The summed E-state index contributed by atoms with van der Waals surface area (Å²) in [4.78, 5) is 12.8. The minimum Gasteiger partial charge on any atom is -0.496 e. The zero-order valence-electron chi connectivity index (χ0n) is 14.2. The van der Waals surface area contributed by atoms with Gasteiger partial charge in [0.15, 0.2) is 0 Å². The first-order chi connectivity index (χ1) is 11.7. The molecule has 1 aliphatic rings. The van der Waals surface area contributed by atoms with E-state index < -0.39 is 0 Å². The van der Waals surface area contributed by atoms with Crippen LogP contribution in [0.3, 0.4) is 0 Å². The van der Waals surface area contributed by atoms with Gasteiger partial charge in [0.1, 0.15) is 17.1 Å². The van der Waals surface area contributed by atoms with E-state index in [1.807, 2.05) is 12.1 Å². The Bertz CT molecular complexity index is 686. The highest BCUT2D eigenvalue weighted by Crippen LogP contribution is 2.43. The van der Waals surface area contributed by atoms with Gasteiger partial charge in [0.2, 0.25) is 0 Å². The molecular formula is C20H23NO3. The van der Waals surface area contributed by atoms with Crippen LogP contribution in [0.25, 0.3) is 0 Å². The highest BCUT2D eigenvalue weighted by molar-refractivity contribution is 5.99. The Kier molecular flexibility index (Phi) is 4.74. The first-order valence-corrected chi connectivity index (χ1v) is 8.25. The van der Waals surface area contributed by atoms with Crippen molar-refractivity contribution in [2.24, 2.45) is 0 Å². The van der Waals surface area contributed by atoms with E-state index in [-0.39, 0.29) is 11.3 Å². The molecule has 0 radical (unpaired) electrons. The Morgan fingerprint density at radius 1 is 1.00 bits per heavy atom. The van der Waals surface area contributed by atoms with E-state index in [1.165, 1.54) is 12.0 Å². The molecule has 24 heavy (non-hydrogen) atoms. The normalized spacial score (nSPS) is 15.2. The molecule has 0 heterocycles. The molecule has 1 fully saturated rings. The van der Waals surface area contributed by atoms with Gasteiger partial charge < -0.3 is 14.8 Å². The summed E-state index contributed by atoms with van der Waals surface area (Å²) in [7, 11) is 3.12. The fraction of sp³-hybridized carbons (Fsp3) is 0.350. The van der Waals surface area contributed by atoms with Gasteiger partial charge in [-0.3, -0.25) is 4.79 Å². The van der Waals surface area contributed by atoms with Crippen LogP contribution >= 0.6 is 0 Å². The number of carbonyl (C=O) groups excluding carboxylic acids is 1. The van der Waals surface area contributed by atoms with Gasteiger partial charge in [0, 0.05) is 12.0 Å². The van der Waals surface area contributed by atoms with E-state index in [9.17, 15) is 4.79 Å². The average Bonchev–Trinajstić information content (AvgIpc) is 2.60. The molecule has 4 heteroatoms. The van der Waals surface area contributed by atoms with Crippen LogP contribution < -0.4 is 14.8 Å². The van der Waals surface area contributed by atoms with Crippen molar-refractivity contribution in [3.8, 4) is 11.5 Å². The van der Waals surface area contributed by atoms with Crippen molar-refractivity contribution in [1.82, 2.24) is 5.32 Å². The summed E-state index contributed by atoms with van der Waals surface area (Å²) < 4.78 is 10.7. The van der Waals surface area contributed by atoms with Crippen LogP contribution in [0.5, 0.6) is 11.5 Å². The predicted octanol–water partition coefficient (Wildman–Crippen LogP) is 3.56. The van der Waals surface area contributed by atoms with Gasteiger partial charge >= 0.3 is 0 Å². The highest BCUT2D eigenvalue weighted by atomic mass is 16.5. The van der Waals surface area contributed by atoms with Crippen molar-refractivity contribution >= 4 is 5.91 Å². The second-order valence-corrected chi connectivity index (χ2v) is 6.22. The van der Waals surface area contributed by atoms with E-state index >= 15 is 0 Å². The Morgan fingerprint density at radius 2 is 1.62 bits per heavy atom. The summed E-state index contributed by atoms with van der Waals surface area (Å²) in [6.07, 6.45) is 3.39. The van der Waals surface area contributed by atoms with Crippen molar-refractivity contribution < 1.29 is 14.3 Å². The summed E-state index contributed by atoms with van der Waals surface area (Å²) in [5.74, 6) is 0.884. The lowest BCUT2D eigenvalue weighted by atomic mass is 9.64. The van der Waals surface area contributed by atoms with Crippen molar-refractivity contribution in [3.05, 3.63) is 59.7 Å². The van der Waals surface area contributed by atoms with Gasteiger partial charge in [-0.15, -0.1) is 0 Å². The van der Waals surface area contributed by atoms with Gasteiger partial charge in [-0.1, -0.05) is 42.8 Å². The van der Waals surface area contributed by atoms with Gasteiger partial charge in [-0.25, -0.2) is 0 Å². The van der Waals surface area contributed by atoms with E-state index in [2.05, 4.69) is 29.6 Å². The largest absolute Gasteiger partial charge is 0.496 e. The number of amides is 1. The maximum Gasteiger partial charge on any atom is 0.258 e. The molecule has 1 amide bonds. The minimum absolute atomic E-state index is 0.0478. The van der Waals surface area contributed by atoms with Crippen molar-refractivity contribution in [3.63, 3.8) is 0 Å². The van der Waals surface area contributed by atoms with Crippen LogP contribution in [0.4, 0.5) is 0 Å². The van der Waals surface area contributed by atoms with Crippen LogP contribution in [0.2, 0.25) is 0 Å². The molecule has 1 saturated carbocycles. The van der Waals surface area contributed by atoms with E-state index in [0.29, 0.717) is 23.6 Å². The van der Waals surface area contributed by atoms with E-state index in [0.717, 1.165) is 12.8 Å². The number of hydrogen-bond acceptors (Lipinski definition) is 3. The third-order valence-corrected chi connectivity index (χ3v) is 4.94. The predicted molar refractivity (Wildman–Crippen MR) is 93.9 cm³/mol. The molecule has 3 rings (SSSR count). The van der Waals surface area contributed by atoms with Crippen molar-refractivity contribution in [2.75, 3.05) is 20.8 Å². The third kappa shape index (κ3) is 2.96. The molecule has 0 aromatic heterocycles. The Balaban J connectivity index is 1.79. The van der Waals surface area contributed by atoms with Crippen LogP contribution in [0, 0.1) is 0 Å². The molecule has 0 aliphatic heterocycles. The SMILES string of the molecule is COc1cccc(OC)c1C(=O)NCC1(c2ccccc2)CCC1. The summed E-state index contributed by atoms with van der Waals surface area (Å²) in [5, 5.41) is 3.09. The quantitative estimate of drug-likeness (QED) is 0.883. The average molecular weight is 325 g/mol. The topological polar surface area (TPSA) is 47.6 Å². The summed E-state index contributed by atoms with van der Waals surface area (Å²) >= 11 is 0. The molecule has 0 atom stereocenters. The maximum absolute atomic E-state index is 12.8. The van der Waals surface area contributed by atoms with Crippen molar-refractivity contribution in [2.45, 2.75) is 24.7 Å². The Hall–Kier alpha value is -2.49. The fourth-order valence-corrected chi connectivity index (χ4v) is 3.38. The van der Waals surface area contributed by atoms with Crippen LogP contribution in [-0.2, 0) is 5.41 Å². The number of nitrogens with one attached hydrogen (secondary N) is 1. The minimum atomic E-state index is -0.161. The number of hydrogen-bond donors (Lipinski definition) is 1. The van der Waals surface area contributed by atoms with Crippen LogP contribution in [-0.4, -0.2) is 26.7 Å².